The third kappa shape index (κ3) is 2.34. The molecule has 1 amide bonds. The Balaban J connectivity index is 1.74. The number of rotatable bonds is 2. The number of nitrogens with one attached hydrogen (secondary N) is 1. The normalized spacial score (nSPS) is 18.4. The molecule has 1 saturated heterocycles. The van der Waals surface area contributed by atoms with E-state index >= 15 is 0 Å². The van der Waals surface area contributed by atoms with Gasteiger partial charge in [-0.05, 0) is 18.6 Å². The van der Waals surface area contributed by atoms with Gasteiger partial charge in [0.1, 0.15) is 5.52 Å². The number of aromatic nitrogens is 1. The van der Waals surface area contributed by atoms with E-state index in [1.807, 2.05) is 11.0 Å². The lowest BCUT2D eigenvalue weighted by atomic mass is 10.3. The predicted molar refractivity (Wildman–Crippen MR) is 74.6 cm³/mol. The van der Waals surface area contributed by atoms with Crippen LogP contribution in [0.25, 0.3) is 11.1 Å². The summed E-state index contributed by atoms with van der Waals surface area (Å²) < 4.78 is 10.3. The van der Waals surface area contributed by atoms with E-state index < -0.39 is 6.09 Å². The summed E-state index contributed by atoms with van der Waals surface area (Å²) >= 11 is 0. The van der Waals surface area contributed by atoms with Crippen molar-refractivity contribution in [2.75, 3.05) is 30.8 Å². The molecule has 0 aliphatic carbocycles. The van der Waals surface area contributed by atoms with Crippen molar-refractivity contribution in [3.05, 3.63) is 18.2 Å². The van der Waals surface area contributed by atoms with Crippen LogP contribution in [0.1, 0.15) is 6.42 Å². The molecule has 0 spiro atoms. The van der Waals surface area contributed by atoms with Crippen molar-refractivity contribution in [2.45, 2.75) is 12.5 Å². The van der Waals surface area contributed by atoms with Crippen LogP contribution in [-0.2, 0) is 4.74 Å². The van der Waals surface area contributed by atoms with Crippen LogP contribution in [0.5, 0.6) is 0 Å². The molecule has 7 heteroatoms. The number of ether oxygens (including phenoxy) is 1. The second-order valence-corrected chi connectivity index (χ2v) is 4.79. The second-order valence-electron chi connectivity index (χ2n) is 4.79. The Labute approximate surface area is 115 Å². The lowest BCUT2D eigenvalue weighted by Gasteiger charge is -2.13. The number of alkyl carbamates (subject to hydrolysis) is 1. The molecule has 20 heavy (non-hydrogen) atoms. The van der Waals surface area contributed by atoms with E-state index in [9.17, 15) is 4.79 Å². The molecule has 2 aromatic rings. The molecule has 1 unspecified atom stereocenters. The number of carbonyl (C=O) groups excluding carboxylic acids is 1. The fourth-order valence-electron chi connectivity index (χ4n) is 2.34. The Kier molecular flexibility index (Phi) is 3.09. The van der Waals surface area contributed by atoms with Crippen molar-refractivity contribution in [3.63, 3.8) is 0 Å². The zero-order chi connectivity index (χ0) is 14.1. The zero-order valence-corrected chi connectivity index (χ0v) is 11.1. The predicted octanol–water partition coefficient (Wildman–Crippen LogP) is 1.34. The molecule has 106 valence electrons. The third-order valence-electron chi connectivity index (χ3n) is 3.37. The summed E-state index contributed by atoms with van der Waals surface area (Å²) in [6, 6.07) is 5.98. The standard InChI is InChI=1S/C13H16N4O3/c1-19-13(18)15-9-4-5-17(7-9)12-16-10-3-2-8(14)6-11(10)20-12/h2-3,6,9H,4-5,7,14H2,1H3,(H,15,18). The van der Waals surface area contributed by atoms with E-state index in [0.717, 1.165) is 18.5 Å². The van der Waals surface area contributed by atoms with Gasteiger partial charge in [0, 0.05) is 24.8 Å². The average molecular weight is 276 g/mol. The molecule has 1 aliphatic rings. The highest BCUT2D eigenvalue weighted by atomic mass is 16.5. The molecule has 1 atom stereocenters. The number of nitrogen functional groups attached to an aromatic ring is 1. The summed E-state index contributed by atoms with van der Waals surface area (Å²) in [6.45, 7) is 1.42. The quantitative estimate of drug-likeness (QED) is 0.804. The maximum Gasteiger partial charge on any atom is 0.407 e. The number of benzene rings is 1. The van der Waals surface area contributed by atoms with Crippen LogP contribution in [0.15, 0.2) is 22.6 Å². The number of nitrogens with zero attached hydrogens (tertiary/aromatic N) is 2. The van der Waals surface area contributed by atoms with Crippen LogP contribution < -0.4 is 16.0 Å². The van der Waals surface area contributed by atoms with Gasteiger partial charge in [-0.2, -0.15) is 4.98 Å². The molecule has 0 radical (unpaired) electrons. The number of nitrogens with two attached hydrogens (primary N) is 1. The topological polar surface area (TPSA) is 93.6 Å². The highest BCUT2D eigenvalue weighted by molar-refractivity contribution is 5.78. The molecule has 1 aromatic carbocycles. The third-order valence-corrected chi connectivity index (χ3v) is 3.37. The zero-order valence-electron chi connectivity index (χ0n) is 11.1. The number of hydrogen-bond acceptors (Lipinski definition) is 6. The van der Waals surface area contributed by atoms with Crippen LogP contribution in [0.2, 0.25) is 0 Å². The van der Waals surface area contributed by atoms with Crippen molar-refractivity contribution in [3.8, 4) is 0 Å². The summed E-state index contributed by atoms with van der Waals surface area (Å²) in [4.78, 5) is 17.6. The van der Waals surface area contributed by atoms with Crippen LogP contribution in [0.3, 0.4) is 0 Å². The molecule has 1 fully saturated rings. The van der Waals surface area contributed by atoms with Gasteiger partial charge in [0.2, 0.25) is 0 Å². The van der Waals surface area contributed by atoms with E-state index in [4.69, 9.17) is 10.2 Å². The number of methoxy groups -OCH3 is 1. The van der Waals surface area contributed by atoms with E-state index in [-0.39, 0.29) is 6.04 Å². The average Bonchev–Trinajstić information content (AvgIpc) is 3.04. The van der Waals surface area contributed by atoms with Crippen LogP contribution in [-0.4, -0.2) is 37.3 Å². The number of amides is 1. The van der Waals surface area contributed by atoms with Gasteiger partial charge in [-0.15, -0.1) is 0 Å². The summed E-state index contributed by atoms with van der Waals surface area (Å²) in [7, 11) is 1.35. The maximum absolute atomic E-state index is 11.2. The first-order valence-corrected chi connectivity index (χ1v) is 6.41. The highest BCUT2D eigenvalue weighted by Gasteiger charge is 2.27. The number of hydrogen-bond donors (Lipinski definition) is 2. The van der Waals surface area contributed by atoms with Gasteiger partial charge in [-0.1, -0.05) is 0 Å². The lowest BCUT2D eigenvalue weighted by molar-refractivity contribution is 0.167. The second kappa shape index (κ2) is 4.92. The molecule has 1 aliphatic heterocycles. The molecular formula is C13H16N4O3. The Hall–Kier alpha value is -2.44. The summed E-state index contributed by atoms with van der Waals surface area (Å²) in [5.41, 5.74) is 7.81. The fraction of sp³-hybridized carbons (Fsp3) is 0.385. The lowest BCUT2D eigenvalue weighted by Crippen LogP contribution is -2.37. The minimum Gasteiger partial charge on any atom is -0.453 e. The smallest absolute Gasteiger partial charge is 0.407 e. The Morgan fingerprint density at radius 1 is 1.60 bits per heavy atom. The van der Waals surface area contributed by atoms with Gasteiger partial charge in [0.25, 0.3) is 6.01 Å². The minimum atomic E-state index is -0.415. The molecule has 0 saturated carbocycles. The van der Waals surface area contributed by atoms with E-state index in [2.05, 4.69) is 15.0 Å². The first-order chi connectivity index (χ1) is 9.65. The number of carbonyl (C=O) groups is 1. The van der Waals surface area contributed by atoms with Crippen molar-refractivity contribution in [1.82, 2.24) is 10.3 Å². The van der Waals surface area contributed by atoms with Crippen LogP contribution in [0.4, 0.5) is 16.5 Å². The molecule has 2 heterocycles. The molecule has 1 aromatic heterocycles. The van der Waals surface area contributed by atoms with Gasteiger partial charge < -0.3 is 25.1 Å². The van der Waals surface area contributed by atoms with Crippen LogP contribution >= 0.6 is 0 Å². The van der Waals surface area contributed by atoms with Crippen molar-refractivity contribution < 1.29 is 13.9 Å². The first-order valence-electron chi connectivity index (χ1n) is 6.41. The van der Waals surface area contributed by atoms with Gasteiger partial charge in [0.05, 0.1) is 13.2 Å². The minimum absolute atomic E-state index is 0.0440. The first kappa shape index (κ1) is 12.6. The van der Waals surface area contributed by atoms with E-state index in [0.29, 0.717) is 23.8 Å². The van der Waals surface area contributed by atoms with Gasteiger partial charge in [-0.25, -0.2) is 4.79 Å². The monoisotopic (exact) mass is 276 g/mol. The molecule has 0 bridgehead atoms. The fourth-order valence-corrected chi connectivity index (χ4v) is 2.34. The van der Waals surface area contributed by atoms with Crippen molar-refractivity contribution >= 4 is 28.9 Å². The molecular weight excluding hydrogens is 260 g/mol. The summed E-state index contributed by atoms with van der Waals surface area (Å²) in [5.74, 6) is 0. The SMILES string of the molecule is COC(=O)NC1CCN(c2nc3ccc(N)cc3o2)C1. The van der Waals surface area contributed by atoms with E-state index in [1.54, 1.807) is 12.1 Å². The van der Waals surface area contributed by atoms with Gasteiger partial charge >= 0.3 is 6.09 Å². The van der Waals surface area contributed by atoms with E-state index in [1.165, 1.54) is 7.11 Å². The van der Waals surface area contributed by atoms with Crippen molar-refractivity contribution in [2.24, 2.45) is 0 Å². The Morgan fingerprint density at radius 3 is 3.25 bits per heavy atom. The number of oxazole rings is 1. The Bertz CT molecular complexity index is 640. The van der Waals surface area contributed by atoms with Gasteiger partial charge in [-0.3, -0.25) is 0 Å². The molecule has 7 nitrogen and oxygen atoms in total. The highest BCUT2D eigenvalue weighted by Crippen LogP contribution is 2.26. The summed E-state index contributed by atoms with van der Waals surface area (Å²) in [5, 5.41) is 2.78. The largest absolute Gasteiger partial charge is 0.453 e. The van der Waals surface area contributed by atoms with Crippen LogP contribution in [0, 0.1) is 0 Å². The maximum atomic E-state index is 11.2. The van der Waals surface area contributed by atoms with Crippen molar-refractivity contribution in [1.29, 1.82) is 0 Å². The summed E-state index contributed by atoms with van der Waals surface area (Å²) in [6.07, 6.45) is 0.415. The molecule has 3 rings (SSSR count). The molecule has 3 N–H and O–H groups in total. The number of fused-ring (bicyclic) bond motifs is 1. The number of anilines is 2. The Morgan fingerprint density at radius 2 is 2.45 bits per heavy atom. The van der Waals surface area contributed by atoms with Gasteiger partial charge in [0.15, 0.2) is 5.58 Å².